The van der Waals surface area contributed by atoms with Crippen LogP contribution in [0.15, 0.2) is 36.4 Å². The summed E-state index contributed by atoms with van der Waals surface area (Å²) >= 11 is 0. The molecule has 9 rings (SSSR count). The normalized spacial score (nSPS) is 27.8. The van der Waals surface area contributed by atoms with Gasteiger partial charge >= 0.3 is 10.2 Å². The van der Waals surface area contributed by atoms with Gasteiger partial charge in [-0.1, -0.05) is 39.2 Å². The van der Waals surface area contributed by atoms with Crippen LogP contribution in [0.5, 0.6) is 5.75 Å². The van der Waals surface area contributed by atoms with E-state index in [1.54, 1.807) is 13.2 Å². The monoisotopic (exact) mass is 699 g/mol. The summed E-state index contributed by atoms with van der Waals surface area (Å²) < 4.78 is 37.5. The van der Waals surface area contributed by atoms with Gasteiger partial charge in [-0.3, -0.25) is 14.5 Å². The van der Waals surface area contributed by atoms with Crippen molar-refractivity contribution in [3.05, 3.63) is 53.1 Å². The Morgan fingerprint density at radius 2 is 1.80 bits per heavy atom. The van der Waals surface area contributed by atoms with Gasteiger partial charge < -0.3 is 14.2 Å². The summed E-state index contributed by atoms with van der Waals surface area (Å²) in [6.45, 7) is 8.72. The Morgan fingerprint density at radius 3 is 2.48 bits per heavy atom. The molecular weight excluding hydrogens is 651 g/mol. The average molecular weight is 700 g/mol. The first-order valence-corrected chi connectivity index (χ1v) is 20.2. The molecule has 1 aromatic heterocycles. The molecule has 2 saturated carbocycles. The van der Waals surface area contributed by atoms with Crippen LogP contribution >= 0.6 is 0 Å². The minimum absolute atomic E-state index is 0.0771. The maximum atomic E-state index is 15.0. The molecule has 0 radical (unpaired) electrons. The number of nitrogens with one attached hydrogen (secondary N) is 1. The summed E-state index contributed by atoms with van der Waals surface area (Å²) in [5.41, 5.74) is 5.42. The minimum Gasteiger partial charge on any atom is -0.497 e. The lowest BCUT2D eigenvalue weighted by atomic mass is 9.81. The zero-order valence-corrected chi connectivity index (χ0v) is 30.3. The number of methoxy groups -OCH3 is 1. The molecule has 5 fully saturated rings. The number of benzene rings is 2. The van der Waals surface area contributed by atoms with E-state index in [-0.39, 0.29) is 17.9 Å². The first kappa shape index (κ1) is 32.5. The lowest BCUT2D eigenvalue weighted by molar-refractivity contribution is -0.140. The molecule has 3 saturated heterocycles. The van der Waals surface area contributed by atoms with Gasteiger partial charge in [0.15, 0.2) is 0 Å². The summed E-state index contributed by atoms with van der Waals surface area (Å²) in [5, 5.41) is 1.10. The zero-order valence-electron chi connectivity index (χ0n) is 29.5. The minimum atomic E-state index is -3.89. The Kier molecular flexibility index (Phi) is 7.68. The highest BCUT2D eigenvalue weighted by atomic mass is 32.2. The summed E-state index contributed by atoms with van der Waals surface area (Å²) in [6, 6.07) is 12.7. The fraction of sp³-hybridized carbons (Fsp3) is 0.590. The van der Waals surface area contributed by atoms with E-state index in [2.05, 4.69) is 45.1 Å². The Hall–Kier alpha value is -3.41. The third-order valence-electron chi connectivity index (χ3n) is 12.8. The van der Waals surface area contributed by atoms with Gasteiger partial charge in [0.1, 0.15) is 5.75 Å². The third-order valence-corrected chi connectivity index (χ3v) is 14.3. The van der Waals surface area contributed by atoms with Crippen molar-refractivity contribution in [2.24, 2.45) is 11.3 Å². The molecule has 1 N–H and O–H groups in total. The molecule has 10 nitrogen and oxygen atoms in total. The van der Waals surface area contributed by atoms with Crippen LogP contribution in [0.25, 0.3) is 22.2 Å². The van der Waals surface area contributed by atoms with Crippen molar-refractivity contribution < 1.29 is 22.7 Å². The maximum Gasteiger partial charge on any atom is 0.304 e. The van der Waals surface area contributed by atoms with Crippen molar-refractivity contribution >= 4 is 32.9 Å². The molecule has 11 heteroatoms. The second-order valence-electron chi connectivity index (χ2n) is 16.3. The van der Waals surface area contributed by atoms with Crippen LogP contribution in [-0.2, 0) is 21.5 Å². The number of rotatable bonds is 8. The Labute approximate surface area is 295 Å². The molecule has 4 unspecified atom stereocenters. The predicted octanol–water partition coefficient (Wildman–Crippen LogP) is 5.47. The smallest absolute Gasteiger partial charge is 0.304 e. The summed E-state index contributed by atoms with van der Waals surface area (Å²) in [5.74, 6) is 1.48. The SMILES string of the molecule is COc1ccc2c(c1)C1CC1(C(=O)N1CC3CC1CN3CC(C)C)Cn1c-2c(C2CCCCC2)c2ccc(C(=O)NS(=O)(=O)N3CCC3)cc21. The van der Waals surface area contributed by atoms with Gasteiger partial charge in [0, 0.05) is 79.3 Å². The number of piperazine rings is 1. The molecule has 4 aliphatic heterocycles. The maximum absolute atomic E-state index is 15.0. The predicted molar refractivity (Wildman–Crippen MR) is 192 cm³/mol. The molecule has 0 spiro atoms. The molecule has 266 valence electrons. The van der Waals surface area contributed by atoms with Crippen LogP contribution in [0.2, 0.25) is 0 Å². The van der Waals surface area contributed by atoms with Gasteiger partial charge in [0.2, 0.25) is 5.91 Å². The van der Waals surface area contributed by atoms with Crippen LogP contribution in [0, 0.1) is 11.3 Å². The summed E-state index contributed by atoms with van der Waals surface area (Å²) in [6.07, 6.45) is 8.42. The second kappa shape index (κ2) is 11.8. The van der Waals surface area contributed by atoms with E-state index in [0.29, 0.717) is 43.1 Å². The lowest BCUT2D eigenvalue weighted by Gasteiger charge is -2.37. The highest BCUT2D eigenvalue weighted by Gasteiger charge is 2.65. The molecule has 2 aliphatic carbocycles. The van der Waals surface area contributed by atoms with Gasteiger partial charge in [-0.15, -0.1) is 0 Å². The molecule has 2 amide bonds. The van der Waals surface area contributed by atoms with Crippen molar-refractivity contribution in [1.82, 2.24) is 23.4 Å². The van der Waals surface area contributed by atoms with Crippen molar-refractivity contribution in [1.29, 1.82) is 0 Å². The highest BCUT2D eigenvalue weighted by molar-refractivity contribution is 7.87. The number of carbonyl (C=O) groups is 2. The van der Waals surface area contributed by atoms with E-state index in [1.165, 1.54) is 34.7 Å². The number of aromatic nitrogens is 1. The van der Waals surface area contributed by atoms with E-state index in [9.17, 15) is 13.2 Å². The molecular formula is C39H49N5O5S. The molecule has 50 heavy (non-hydrogen) atoms. The van der Waals surface area contributed by atoms with Gasteiger partial charge in [-0.05, 0) is 85.4 Å². The number of carbonyl (C=O) groups excluding carboxylic acids is 2. The second-order valence-corrected chi connectivity index (χ2v) is 18.0. The number of ether oxygens (including phenoxy) is 1. The fourth-order valence-corrected chi connectivity index (χ4v) is 11.4. The summed E-state index contributed by atoms with van der Waals surface area (Å²) in [7, 11) is -2.19. The zero-order chi connectivity index (χ0) is 34.5. The van der Waals surface area contributed by atoms with Gasteiger partial charge in [-0.25, -0.2) is 4.72 Å². The number of hydrogen-bond donors (Lipinski definition) is 1. The largest absolute Gasteiger partial charge is 0.497 e. The molecule has 3 aromatic rings. The van der Waals surface area contributed by atoms with Gasteiger partial charge in [-0.2, -0.15) is 12.7 Å². The molecule has 4 atom stereocenters. The van der Waals surface area contributed by atoms with Crippen LogP contribution in [0.1, 0.15) is 98.5 Å². The first-order valence-electron chi connectivity index (χ1n) is 18.8. The standard InChI is InChI=1S/C39H49N5O5S/c1-24(2)20-41-21-28-17-27(41)22-43(28)38(46)39-19-33(39)32-18-29(49-3)11-13-30(32)36-35(25-8-5-4-6-9-25)31-12-10-26(16-34(31)44(36)23-39)37(45)40-50(47,48)42-14-7-15-42/h10-13,16,18,24-25,27-28,33H,4-9,14-15,17,19-23H2,1-3H3,(H,40,45). The van der Waals surface area contributed by atoms with Crippen molar-refractivity contribution in [2.45, 2.75) is 95.7 Å². The third kappa shape index (κ3) is 5.05. The molecule has 6 aliphatic rings. The van der Waals surface area contributed by atoms with E-state index >= 15 is 4.79 Å². The molecule has 2 bridgehead atoms. The highest BCUT2D eigenvalue weighted by Crippen LogP contribution is 2.66. The number of fused-ring (bicyclic) bond motifs is 9. The Bertz CT molecular complexity index is 2000. The topological polar surface area (TPSA) is 104 Å². The Balaban J connectivity index is 1.17. The van der Waals surface area contributed by atoms with Crippen molar-refractivity contribution in [2.75, 3.05) is 39.8 Å². The van der Waals surface area contributed by atoms with Crippen molar-refractivity contribution in [3.8, 4) is 17.0 Å². The van der Waals surface area contributed by atoms with E-state index in [1.807, 2.05) is 18.2 Å². The van der Waals surface area contributed by atoms with Gasteiger partial charge in [0.05, 0.1) is 18.2 Å². The first-order chi connectivity index (χ1) is 24.1. The number of nitrogens with zero attached hydrogens (tertiary/aromatic N) is 4. The lowest BCUT2D eigenvalue weighted by Crippen LogP contribution is -2.52. The Morgan fingerprint density at radius 1 is 1.00 bits per heavy atom. The quantitative estimate of drug-likeness (QED) is 0.335. The van der Waals surface area contributed by atoms with E-state index in [4.69, 9.17) is 4.74 Å². The molecule has 2 aromatic carbocycles. The number of hydrogen-bond acceptors (Lipinski definition) is 6. The average Bonchev–Trinajstić information content (AvgIpc) is 3.30. The van der Waals surface area contributed by atoms with Crippen LogP contribution < -0.4 is 9.46 Å². The van der Waals surface area contributed by atoms with Gasteiger partial charge in [0.25, 0.3) is 5.91 Å². The van der Waals surface area contributed by atoms with Crippen molar-refractivity contribution in [3.63, 3.8) is 0 Å². The van der Waals surface area contributed by atoms with Crippen LogP contribution in [0.4, 0.5) is 0 Å². The van der Waals surface area contributed by atoms with Crippen LogP contribution in [-0.4, -0.2) is 90.8 Å². The number of likely N-dealkylation sites (tertiary alicyclic amines) is 2. The van der Waals surface area contributed by atoms with E-state index < -0.39 is 21.5 Å². The van der Waals surface area contributed by atoms with Crippen LogP contribution in [0.3, 0.4) is 0 Å². The summed E-state index contributed by atoms with van der Waals surface area (Å²) in [4.78, 5) is 33.3. The van der Waals surface area contributed by atoms with E-state index in [0.717, 1.165) is 79.6 Å². The molecule has 5 heterocycles. The fourth-order valence-electron chi connectivity index (χ4n) is 10.2. The number of amides is 2.